The summed E-state index contributed by atoms with van der Waals surface area (Å²) in [4.78, 5) is 8.41. The van der Waals surface area contributed by atoms with Crippen LogP contribution in [-0.2, 0) is 0 Å². The quantitative estimate of drug-likeness (QED) is 0.597. The van der Waals surface area contributed by atoms with Gasteiger partial charge < -0.3 is 0 Å². The zero-order chi connectivity index (χ0) is 11.4. The van der Waals surface area contributed by atoms with Gasteiger partial charge in [-0.25, -0.2) is 5.43 Å². The summed E-state index contributed by atoms with van der Waals surface area (Å²) in [5.41, 5.74) is 5.85. The van der Waals surface area contributed by atoms with Gasteiger partial charge in [0, 0.05) is 18.6 Å². The molecule has 0 aliphatic heterocycles. The smallest absolute Gasteiger partial charge is 0.0898 e. The molecule has 0 radical (unpaired) electrons. The molecule has 2 heterocycles. The molecule has 2 aromatic rings. The van der Waals surface area contributed by atoms with Gasteiger partial charge >= 0.3 is 0 Å². The molecule has 0 aliphatic carbocycles. The van der Waals surface area contributed by atoms with E-state index in [4.69, 9.17) is 5.84 Å². The molecule has 0 fully saturated rings. The lowest BCUT2D eigenvalue weighted by atomic mass is 10.0. The van der Waals surface area contributed by atoms with E-state index < -0.39 is 0 Å². The first kappa shape index (κ1) is 10.7. The van der Waals surface area contributed by atoms with Crippen LogP contribution in [0.2, 0.25) is 0 Å². The van der Waals surface area contributed by atoms with Crippen molar-refractivity contribution in [3.8, 4) is 0 Å². The number of nitrogens with zero attached hydrogens (tertiary/aromatic N) is 2. The molecule has 0 bridgehead atoms. The summed E-state index contributed by atoms with van der Waals surface area (Å²) >= 11 is 0. The number of aryl methyl sites for hydroxylation is 1. The second-order valence-corrected chi connectivity index (χ2v) is 3.59. The fourth-order valence-corrected chi connectivity index (χ4v) is 1.66. The van der Waals surface area contributed by atoms with Crippen LogP contribution in [0, 0.1) is 6.92 Å². The molecular weight excluding hydrogens is 200 g/mol. The van der Waals surface area contributed by atoms with E-state index in [1.54, 1.807) is 12.4 Å². The number of aromatic nitrogens is 2. The van der Waals surface area contributed by atoms with Crippen LogP contribution in [0.3, 0.4) is 0 Å². The molecule has 4 nitrogen and oxygen atoms in total. The Hall–Kier alpha value is -1.78. The molecule has 3 N–H and O–H groups in total. The standard InChI is InChI=1S/C12H14N4/c1-9-5-7-14-8-10(9)12(16-13)11-4-2-3-6-15-11/h2-8,12,16H,13H2,1H3. The summed E-state index contributed by atoms with van der Waals surface area (Å²) < 4.78 is 0. The lowest BCUT2D eigenvalue weighted by Gasteiger charge is -2.17. The number of pyridine rings is 2. The number of hydrogen-bond acceptors (Lipinski definition) is 4. The first-order chi connectivity index (χ1) is 7.83. The molecule has 2 aromatic heterocycles. The maximum absolute atomic E-state index is 5.59. The van der Waals surface area contributed by atoms with Crippen molar-refractivity contribution in [2.24, 2.45) is 5.84 Å². The maximum atomic E-state index is 5.59. The molecular formula is C12H14N4. The number of nitrogens with one attached hydrogen (secondary N) is 1. The lowest BCUT2D eigenvalue weighted by Crippen LogP contribution is -2.30. The van der Waals surface area contributed by atoms with E-state index in [0.29, 0.717) is 0 Å². The van der Waals surface area contributed by atoms with Crippen molar-refractivity contribution in [3.05, 3.63) is 59.7 Å². The second kappa shape index (κ2) is 4.83. The minimum absolute atomic E-state index is 0.116. The Morgan fingerprint density at radius 2 is 2.12 bits per heavy atom. The average Bonchev–Trinajstić information content (AvgIpc) is 2.34. The Balaban J connectivity index is 2.41. The molecule has 1 unspecified atom stereocenters. The van der Waals surface area contributed by atoms with Crippen LogP contribution in [0.5, 0.6) is 0 Å². The van der Waals surface area contributed by atoms with Gasteiger partial charge in [0.2, 0.25) is 0 Å². The van der Waals surface area contributed by atoms with Crippen molar-refractivity contribution < 1.29 is 0 Å². The molecule has 2 rings (SSSR count). The average molecular weight is 214 g/mol. The van der Waals surface area contributed by atoms with E-state index in [-0.39, 0.29) is 6.04 Å². The van der Waals surface area contributed by atoms with Gasteiger partial charge in [0.05, 0.1) is 11.7 Å². The molecule has 4 heteroatoms. The van der Waals surface area contributed by atoms with Gasteiger partial charge in [0.1, 0.15) is 0 Å². The first-order valence-electron chi connectivity index (χ1n) is 5.10. The highest BCUT2D eigenvalue weighted by Gasteiger charge is 2.15. The van der Waals surface area contributed by atoms with Gasteiger partial charge in [-0.1, -0.05) is 6.07 Å². The monoisotopic (exact) mass is 214 g/mol. The number of hydrogen-bond donors (Lipinski definition) is 2. The molecule has 82 valence electrons. The van der Waals surface area contributed by atoms with Crippen molar-refractivity contribution >= 4 is 0 Å². The van der Waals surface area contributed by atoms with Gasteiger partial charge in [-0.15, -0.1) is 0 Å². The van der Waals surface area contributed by atoms with E-state index in [9.17, 15) is 0 Å². The Kier molecular flexibility index (Phi) is 3.24. The minimum Gasteiger partial charge on any atom is -0.271 e. The summed E-state index contributed by atoms with van der Waals surface area (Å²) in [5, 5.41) is 0. The SMILES string of the molecule is Cc1ccncc1C(NN)c1ccccn1. The predicted octanol–water partition coefficient (Wildman–Crippen LogP) is 1.34. The molecule has 0 spiro atoms. The summed E-state index contributed by atoms with van der Waals surface area (Å²) in [7, 11) is 0. The van der Waals surface area contributed by atoms with Crippen LogP contribution >= 0.6 is 0 Å². The summed E-state index contributed by atoms with van der Waals surface area (Å²) in [5.74, 6) is 5.59. The summed E-state index contributed by atoms with van der Waals surface area (Å²) in [6.45, 7) is 2.03. The summed E-state index contributed by atoms with van der Waals surface area (Å²) in [6, 6.07) is 7.61. The lowest BCUT2D eigenvalue weighted by molar-refractivity contribution is 0.615. The molecule has 0 aliphatic rings. The molecule has 0 saturated carbocycles. The molecule has 1 atom stereocenters. The van der Waals surface area contributed by atoms with Crippen LogP contribution in [-0.4, -0.2) is 9.97 Å². The number of nitrogens with two attached hydrogens (primary N) is 1. The van der Waals surface area contributed by atoms with Crippen molar-refractivity contribution in [1.29, 1.82) is 0 Å². The topological polar surface area (TPSA) is 63.8 Å². The molecule has 0 saturated heterocycles. The van der Waals surface area contributed by atoms with Crippen molar-refractivity contribution in [2.75, 3.05) is 0 Å². The van der Waals surface area contributed by atoms with E-state index in [1.165, 1.54) is 0 Å². The molecule has 0 amide bonds. The largest absolute Gasteiger partial charge is 0.271 e. The number of rotatable bonds is 3. The van der Waals surface area contributed by atoms with E-state index in [0.717, 1.165) is 16.8 Å². The van der Waals surface area contributed by atoms with Gasteiger partial charge in [-0.2, -0.15) is 0 Å². The summed E-state index contributed by atoms with van der Waals surface area (Å²) in [6.07, 6.45) is 5.34. The Morgan fingerprint density at radius 1 is 1.25 bits per heavy atom. The van der Waals surface area contributed by atoms with E-state index in [1.807, 2.05) is 37.4 Å². The van der Waals surface area contributed by atoms with Crippen molar-refractivity contribution in [2.45, 2.75) is 13.0 Å². The Labute approximate surface area is 94.5 Å². The fourth-order valence-electron chi connectivity index (χ4n) is 1.66. The Bertz CT molecular complexity index is 456. The molecule has 0 aromatic carbocycles. The van der Waals surface area contributed by atoms with Crippen LogP contribution in [0.1, 0.15) is 22.9 Å². The third-order valence-electron chi connectivity index (χ3n) is 2.54. The van der Waals surface area contributed by atoms with Gasteiger partial charge in [-0.3, -0.25) is 15.8 Å². The highest BCUT2D eigenvalue weighted by Crippen LogP contribution is 2.21. The highest BCUT2D eigenvalue weighted by molar-refractivity contribution is 5.31. The second-order valence-electron chi connectivity index (χ2n) is 3.59. The molecule has 16 heavy (non-hydrogen) atoms. The van der Waals surface area contributed by atoms with Crippen LogP contribution in [0.15, 0.2) is 42.9 Å². The van der Waals surface area contributed by atoms with Crippen LogP contribution in [0.4, 0.5) is 0 Å². The Morgan fingerprint density at radius 3 is 2.75 bits per heavy atom. The predicted molar refractivity (Wildman–Crippen MR) is 62.4 cm³/mol. The van der Waals surface area contributed by atoms with Gasteiger partial charge in [0.25, 0.3) is 0 Å². The van der Waals surface area contributed by atoms with Crippen LogP contribution in [0.25, 0.3) is 0 Å². The zero-order valence-electron chi connectivity index (χ0n) is 9.09. The normalized spacial score (nSPS) is 12.4. The van der Waals surface area contributed by atoms with Gasteiger partial charge in [-0.05, 0) is 36.2 Å². The van der Waals surface area contributed by atoms with Gasteiger partial charge in [0.15, 0.2) is 0 Å². The van der Waals surface area contributed by atoms with Crippen molar-refractivity contribution in [1.82, 2.24) is 15.4 Å². The van der Waals surface area contributed by atoms with E-state index in [2.05, 4.69) is 15.4 Å². The van der Waals surface area contributed by atoms with Crippen LogP contribution < -0.4 is 11.3 Å². The maximum Gasteiger partial charge on any atom is 0.0898 e. The van der Waals surface area contributed by atoms with E-state index >= 15 is 0 Å². The fraction of sp³-hybridized carbons (Fsp3) is 0.167. The van der Waals surface area contributed by atoms with Crippen molar-refractivity contribution in [3.63, 3.8) is 0 Å². The zero-order valence-corrected chi connectivity index (χ0v) is 9.09. The number of hydrazine groups is 1. The third kappa shape index (κ3) is 2.08. The minimum atomic E-state index is -0.116. The third-order valence-corrected chi connectivity index (χ3v) is 2.54. The highest BCUT2D eigenvalue weighted by atomic mass is 15.2. The first-order valence-corrected chi connectivity index (χ1v) is 5.10.